The lowest BCUT2D eigenvalue weighted by Crippen LogP contribution is -2.27. The zero-order chi connectivity index (χ0) is 13.7. The molecule has 0 atom stereocenters. The Kier molecular flexibility index (Phi) is 4.65. The molecule has 6 nitrogen and oxygen atoms in total. The van der Waals surface area contributed by atoms with E-state index < -0.39 is 4.92 Å². The standard InChI is InChI=1S/C12H17N3O3/c1-4-7-14(3)12(16)9-5-6-10(13-2)11(8-9)15(17)18/h5-6,8,13H,4,7H2,1-3H3. The number of carbonyl (C=O) groups is 1. The molecule has 18 heavy (non-hydrogen) atoms. The molecule has 98 valence electrons. The summed E-state index contributed by atoms with van der Waals surface area (Å²) in [5, 5.41) is 13.6. The van der Waals surface area contributed by atoms with Gasteiger partial charge in [0.1, 0.15) is 5.69 Å². The van der Waals surface area contributed by atoms with Crippen molar-refractivity contribution in [2.75, 3.05) is 26.0 Å². The van der Waals surface area contributed by atoms with Gasteiger partial charge in [0.05, 0.1) is 4.92 Å². The van der Waals surface area contributed by atoms with Crippen molar-refractivity contribution < 1.29 is 9.72 Å². The molecule has 0 radical (unpaired) electrons. The summed E-state index contributed by atoms with van der Waals surface area (Å²) in [4.78, 5) is 23.9. The maximum absolute atomic E-state index is 12.0. The normalized spacial score (nSPS) is 9.94. The van der Waals surface area contributed by atoms with E-state index in [1.165, 1.54) is 6.07 Å². The molecule has 6 heteroatoms. The summed E-state index contributed by atoms with van der Waals surface area (Å²) >= 11 is 0. The van der Waals surface area contributed by atoms with Crippen molar-refractivity contribution in [3.63, 3.8) is 0 Å². The number of amides is 1. The molecule has 0 aliphatic rings. The summed E-state index contributed by atoms with van der Waals surface area (Å²) in [6, 6.07) is 4.44. The highest BCUT2D eigenvalue weighted by atomic mass is 16.6. The molecule has 0 fully saturated rings. The van der Waals surface area contributed by atoms with Gasteiger partial charge in [-0.1, -0.05) is 6.92 Å². The first-order valence-electron chi connectivity index (χ1n) is 5.73. The molecule has 0 spiro atoms. The van der Waals surface area contributed by atoms with E-state index >= 15 is 0 Å². The highest BCUT2D eigenvalue weighted by Gasteiger charge is 2.18. The van der Waals surface area contributed by atoms with Gasteiger partial charge in [0, 0.05) is 32.3 Å². The molecule has 0 heterocycles. The van der Waals surface area contributed by atoms with Crippen molar-refractivity contribution >= 4 is 17.3 Å². The first-order valence-corrected chi connectivity index (χ1v) is 5.73. The molecular weight excluding hydrogens is 234 g/mol. The quantitative estimate of drug-likeness (QED) is 0.642. The van der Waals surface area contributed by atoms with Crippen LogP contribution in [0, 0.1) is 10.1 Å². The number of anilines is 1. The minimum atomic E-state index is -0.498. The SMILES string of the molecule is CCCN(C)C(=O)c1ccc(NC)c([N+](=O)[O-])c1. The van der Waals surface area contributed by atoms with Crippen LogP contribution < -0.4 is 5.32 Å². The number of hydrogen-bond acceptors (Lipinski definition) is 4. The van der Waals surface area contributed by atoms with E-state index in [2.05, 4.69) is 5.32 Å². The van der Waals surface area contributed by atoms with Crippen LogP contribution in [-0.2, 0) is 0 Å². The van der Waals surface area contributed by atoms with Gasteiger partial charge in [0.15, 0.2) is 0 Å². The van der Waals surface area contributed by atoms with Crippen molar-refractivity contribution in [2.45, 2.75) is 13.3 Å². The van der Waals surface area contributed by atoms with E-state index in [4.69, 9.17) is 0 Å². The lowest BCUT2D eigenvalue weighted by Gasteiger charge is -2.16. The lowest BCUT2D eigenvalue weighted by atomic mass is 10.1. The summed E-state index contributed by atoms with van der Waals surface area (Å²) in [7, 11) is 3.29. The van der Waals surface area contributed by atoms with Crippen molar-refractivity contribution in [3.8, 4) is 0 Å². The van der Waals surface area contributed by atoms with Gasteiger partial charge in [-0.3, -0.25) is 14.9 Å². The number of nitro groups is 1. The monoisotopic (exact) mass is 251 g/mol. The molecule has 0 unspecified atom stereocenters. The largest absolute Gasteiger partial charge is 0.383 e. The molecule has 0 saturated carbocycles. The molecule has 1 aromatic carbocycles. The third kappa shape index (κ3) is 2.97. The molecule has 0 saturated heterocycles. The predicted molar refractivity (Wildman–Crippen MR) is 69.9 cm³/mol. The Bertz CT molecular complexity index is 460. The first kappa shape index (κ1) is 14.0. The minimum absolute atomic E-state index is 0.0896. The Labute approximate surface area is 106 Å². The van der Waals surface area contributed by atoms with Gasteiger partial charge >= 0.3 is 0 Å². The van der Waals surface area contributed by atoms with Gasteiger partial charge in [0.25, 0.3) is 11.6 Å². The average molecular weight is 251 g/mol. The molecule has 1 N–H and O–H groups in total. The summed E-state index contributed by atoms with van der Waals surface area (Å²) in [6.07, 6.45) is 0.846. The molecule has 1 rings (SSSR count). The van der Waals surface area contributed by atoms with Crippen molar-refractivity contribution in [3.05, 3.63) is 33.9 Å². The van der Waals surface area contributed by atoms with Crippen molar-refractivity contribution in [1.82, 2.24) is 4.90 Å². The number of carbonyl (C=O) groups excluding carboxylic acids is 1. The van der Waals surface area contributed by atoms with Crippen LogP contribution in [0.4, 0.5) is 11.4 Å². The smallest absolute Gasteiger partial charge is 0.293 e. The Morgan fingerprint density at radius 1 is 1.50 bits per heavy atom. The van der Waals surface area contributed by atoms with Crippen LogP contribution in [0.3, 0.4) is 0 Å². The summed E-state index contributed by atoms with van der Waals surface area (Å²) in [5.74, 6) is -0.206. The fourth-order valence-electron chi connectivity index (χ4n) is 1.68. The zero-order valence-electron chi connectivity index (χ0n) is 10.8. The number of nitrogens with zero attached hydrogens (tertiary/aromatic N) is 2. The second kappa shape index (κ2) is 6.00. The predicted octanol–water partition coefficient (Wildman–Crippen LogP) is 2.12. The molecule has 0 bridgehead atoms. The summed E-state index contributed by atoms with van der Waals surface area (Å²) < 4.78 is 0. The number of nitrogens with one attached hydrogen (secondary N) is 1. The highest BCUT2D eigenvalue weighted by Crippen LogP contribution is 2.25. The van der Waals surface area contributed by atoms with Crippen LogP contribution in [-0.4, -0.2) is 36.4 Å². The Balaban J connectivity index is 3.08. The maximum Gasteiger partial charge on any atom is 0.293 e. The van der Waals surface area contributed by atoms with E-state index in [9.17, 15) is 14.9 Å². The van der Waals surface area contributed by atoms with Crippen LogP contribution in [0.2, 0.25) is 0 Å². The number of benzene rings is 1. The number of nitro benzene ring substituents is 1. The fraction of sp³-hybridized carbons (Fsp3) is 0.417. The zero-order valence-corrected chi connectivity index (χ0v) is 10.8. The second-order valence-corrected chi connectivity index (χ2v) is 3.97. The summed E-state index contributed by atoms with van der Waals surface area (Å²) in [5.41, 5.74) is 0.639. The first-order chi connectivity index (χ1) is 8.51. The molecule has 0 aromatic heterocycles. The Morgan fingerprint density at radius 3 is 2.67 bits per heavy atom. The van der Waals surface area contributed by atoms with Gasteiger partial charge in [-0.15, -0.1) is 0 Å². The molecule has 1 aromatic rings. The van der Waals surface area contributed by atoms with Crippen LogP contribution in [0.25, 0.3) is 0 Å². The lowest BCUT2D eigenvalue weighted by molar-refractivity contribution is -0.384. The van der Waals surface area contributed by atoms with E-state index in [-0.39, 0.29) is 11.6 Å². The fourth-order valence-corrected chi connectivity index (χ4v) is 1.68. The number of hydrogen-bond donors (Lipinski definition) is 1. The van der Waals surface area contributed by atoms with E-state index in [1.807, 2.05) is 6.92 Å². The topological polar surface area (TPSA) is 75.5 Å². The third-order valence-electron chi connectivity index (χ3n) is 2.62. The molecule has 1 amide bonds. The third-order valence-corrected chi connectivity index (χ3v) is 2.62. The summed E-state index contributed by atoms with van der Waals surface area (Å²) in [6.45, 7) is 2.59. The number of rotatable bonds is 5. The van der Waals surface area contributed by atoms with E-state index in [0.29, 0.717) is 17.8 Å². The van der Waals surface area contributed by atoms with Crippen molar-refractivity contribution in [2.24, 2.45) is 0 Å². The van der Waals surface area contributed by atoms with Gasteiger partial charge in [0.2, 0.25) is 0 Å². The molecule has 0 aliphatic carbocycles. The van der Waals surface area contributed by atoms with Crippen LogP contribution in [0.5, 0.6) is 0 Å². The second-order valence-electron chi connectivity index (χ2n) is 3.97. The Morgan fingerprint density at radius 2 is 2.17 bits per heavy atom. The molecule has 0 aliphatic heterocycles. The van der Waals surface area contributed by atoms with Crippen LogP contribution in [0.15, 0.2) is 18.2 Å². The van der Waals surface area contributed by atoms with E-state index in [1.54, 1.807) is 31.1 Å². The van der Waals surface area contributed by atoms with Gasteiger partial charge in [-0.2, -0.15) is 0 Å². The van der Waals surface area contributed by atoms with Crippen LogP contribution in [0.1, 0.15) is 23.7 Å². The Hall–Kier alpha value is -2.11. The maximum atomic E-state index is 12.0. The van der Waals surface area contributed by atoms with Crippen molar-refractivity contribution in [1.29, 1.82) is 0 Å². The van der Waals surface area contributed by atoms with Gasteiger partial charge in [-0.25, -0.2) is 0 Å². The van der Waals surface area contributed by atoms with Gasteiger partial charge < -0.3 is 10.2 Å². The van der Waals surface area contributed by atoms with E-state index in [0.717, 1.165) is 6.42 Å². The van der Waals surface area contributed by atoms with Crippen LogP contribution >= 0.6 is 0 Å². The molecular formula is C12H17N3O3. The van der Waals surface area contributed by atoms with Gasteiger partial charge in [-0.05, 0) is 18.6 Å². The highest BCUT2D eigenvalue weighted by molar-refractivity contribution is 5.95. The average Bonchev–Trinajstić information content (AvgIpc) is 2.37. The minimum Gasteiger partial charge on any atom is -0.383 e.